The number of para-hydroxylation sites is 1. The standard InChI is InChI=1S/C16H15ClN4O2/c17-12-8-10(14(18)22)9-19-15(12)20-13-6-7-21(16(13)23)11-4-2-1-3-5-11/h1-5,8-9,13H,6-7H2,(H2,18,22)(H,19,20). The minimum Gasteiger partial charge on any atom is -0.366 e. The van der Waals surface area contributed by atoms with Crippen LogP contribution in [-0.2, 0) is 4.79 Å². The Balaban J connectivity index is 1.75. The van der Waals surface area contributed by atoms with Gasteiger partial charge in [0.2, 0.25) is 11.8 Å². The molecule has 0 radical (unpaired) electrons. The first-order valence-corrected chi connectivity index (χ1v) is 7.52. The number of carbonyl (C=O) groups excluding carboxylic acids is 2. The third-order valence-electron chi connectivity index (χ3n) is 3.71. The molecule has 0 spiro atoms. The van der Waals surface area contributed by atoms with Gasteiger partial charge in [0, 0.05) is 18.4 Å². The van der Waals surface area contributed by atoms with Crippen molar-refractivity contribution < 1.29 is 9.59 Å². The maximum Gasteiger partial charge on any atom is 0.250 e. The first-order valence-electron chi connectivity index (χ1n) is 7.14. The molecular formula is C16H15ClN4O2. The molecule has 6 nitrogen and oxygen atoms in total. The zero-order valence-corrected chi connectivity index (χ0v) is 13.0. The fraction of sp³-hybridized carbons (Fsp3) is 0.188. The van der Waals surface area contributed by atoms with Crippen molar-refractivity contribution in [1.82, 2.24) is 4.98 Å². The Bertz CT molecular complexity index is 751. The van der Waals surface area contributed by atoms with Gasteiger partial charge in [-0.3, -0.25) is 9.59 Å². The van der Waals surface area contributed by atoms with Crippen molar-refractivity contribution in [2.45, 2.75) is 12.5 Å². The van der Waals surface area contributed by atoms with Gasteiger partial charge in [-0.05, 0) is 24.6 Å². The van der Waals surface area contributed by atoms with Crippen LogP contribution in [0, 0.1) is 0 Å². The lowest BCUT2D eigenvalue weighted by Gasteiger charge is -2.17. The Hall–Kier alpha value is -2.60. The van der Waals surface area contributed by atoms with E-state index in [0.29, 0.717) is 18.8 Å². The molecule has 1 unspecified atom stereocenters. The number of primary amides is 1. The smallest absolute Gasteiger partial charge is 0.250 e. The van der Waals surface area contributed by atoms with Crippen LogP contribution in [-0.4, -0.2) is 29.4 Å². The van der Waals surface area contributed by atoms with E-state index in [1.54, 1.807) is 4.90 Å². The largest absolute Gasteiger partial charge is 0.366 e. The van der Waals surface area contributed by atoms with Gasteiger partial charge in [-0.25, -0.2) is 4.98 Å². The summed E-state index contributed by atoms with van der Waals surface area (Å²) >= 11 is 6.10. The number of nitrogens with two attached hydrogens (primary N) is 1. The van der Waals surface area contributed by atoms with E-state index in [2.05, 4.69) is 10.3 Å². The molecule has 0 bridgehead atoms. The number of hydrogen-bond acceptors (Lipinski definition) is 4. The number of nitrogens with one attached hydrogen (secondary N) is 1. The zero-order chi connectivity index (χ0) is 16.4. The molecule has 3 N–H and O–H groups in total. The molecule has 2 amide bonds. The topological polar surface area (TPSA) is 88.3 Å². The monoisotopic (exact) mass is 330 g/mol. The van der Waals surface area contributed by atoms with Gasteiger partial charge in [-0.2, -0.15) is 0 Å². The van der Waals surface area contributed by atoms with Crippen LogP contribution in [0.4, 0.5) is 11.5 Å². The highest BCUT2D eigenvalue weighted by molar-refractivity contribution is 6.33. The second-order valence-electron chi connectivity index (χ2n) is 5.23. The van der Waals surface area contributed by atoms with Gasteiger partial charge in [0.1, 0.15) is 11.9 Å². The maximum absolute atomic E-state index is 12.5. The van der Waals surface area contributed by atoms with Crippen molar-refractivity contribution >= 4 is 34.9 Å². The maximum atomic E-state index is 12.5. The van der Waals surface area contributed by atoms with Crippen molar-refractivity contribution in [1.29, 1.82) is 0 Å². The molecular weight excluding hydrogens is 316 g/mol. The summed E-state index contributed by atoms with van der Waals surface area (Å²) in [4.78, 5) is 29.4. The lowest BCUT2D eigenvalue weighted by atomic mass is 10.2. The van der Waals surface area contributed by atoms with E-state index < -0.39 is 11.9 Å². The normalized spacial score (nSPS) is 17.3. The predicted octanol–water partition coefficient (Wildman–Crippen LogP) is 2.05. The van der Waals surface area contributed by atoms with Gasteiger partial charge < -0.3 is 16.0 Å². The number of pyridine rings is 1. The van der Waals surface area contributed by atoms with E-state index in [4.69, 9.17) is 17.3 Å². The van der Waals surface area contributed by atoms with Crippen LogP contribution in [0.5, 0.6) is 0 Å². The average Bonchev–Trinajstić information content (AvgIpc) is 2.91. The van der Waals surface area contributed by atoms with Crippen LogP contribution in [0.15, 0.2) is 42.6 Å². The van der Waals surface area contributed by atoms with Gasteiger partial charge >= 0.3 is 0 Å². The molecule has 23 heavy (non-hydrogen) atoms. The molecule has 118 valence electrons. The highest BCUT2D eigenvalue weighted by atomic mass is 35.5. The average molecular weight is 331 g/mol. The number of benzene rings is 1. The van der Waals surface area contributed by atoms with E-state index >= 15 is 0 Å². The van der Waals surface area contributed by atoms with Crippen LogP contribution in [0.1, 0.15) is 16.8 Å². The van der Waals surface area contributed by atoms with Crippen molar-refractivity contribution in [3.8, 4) is 0 Å². The summed E-state index contributed by atoms with van der Waals surface area (Å²) < 4.78 is 0. The lowest BCUT2D eigenvalue weighted by molar-refractivity contribution is -0.117. The van der Waals surface area contributed by atoms with Crippen molar-refractivity contribution in [3.63, 3.8) is 0 Å². The number of aromatic nitrogens is 1. The molecule has 2 aromatic rings. The van der Waals surface area contributed by atoms with Crippen LogP contribution < -0.4 is 16.0 Å². The highest BCUT2D eigenvalue weighted by Gasteiger charge is 2.33. The number of carbonyl (C=O) groups is 2. The SMILES string of the molecule is NC(=O)c1cnc(NC2CCN(c3ccccc3)C2=O)c(Cl)c1. The summed E-state index contributed by atoms with van der Waals surface area (Å²) in [5, 5.41) is 3.30. The van der Waals surface area contributed by atoms with Crippen molar-refractivity contribution in [2.75, 3.05) is 16.8 Å². The molecule has 1 atom stereocenters. The van der Waals surface area contributed by atoms with E-state index in [9.17, 15) is 9.59 Å². The first kappa shape index (κ1) is 15.3. The van der Waals surface area contributed by atoms with Gasteiger partial charge in [0.15, 0.2) is 0 Å². The Morgan fingerprint density at radius 3 is 2.74 bits per heavy atom. The molecule has 1 fully saturated rings. The predicted molar refractivity (Wildman–Crippen MR) is 88.6 cm³/mol. The minimum atomic E-state index is -0.599. The Morgan fingerprint density at radius 1 is 1.35 bits per heavy atom. The molecule has 3 rings (SSSR count). The summed E-state index contributed by atoms with van der Waals surface area (Å²) in [6.07, 6.45) is 1.98. The minimum absolute atomic E-state index is 0.0342. The molecule has 0 aliphatic carbocycles. The molecule has 1 aliphatic heterocycles. The summed E-state index contributed by atoms with van der Waals surface area (Å²) in [5.74, 6) is -0.267. The van der Waals surface area contributed by atoms with E-state index in [0.717, 1.165) is 5.69 Å². The number of nitrogens with zero attached hydrogens (tertiary/aromatic N) is 2. The molecule has 0 saturated carbocycles. The van der Waals surface area contributed by atoms with E-state index in [1.807, 2.05) is 30.3 Å². The first-order chi connectivity index (χ1) is 11.1. The molecule has 1 aromatic carbocycles. The Morgan fingerprint density at radius 2 is 2.09 bits per heavy atom. The van der Waals surface area contributed by atoms with Gasteiger partial charge in [0.05, 0.1) is 10.6 Å². The number of amides is 2. The summed E-state index contributed by atoms with van der Waals surface area (Å²) in [6, 6.07) is 10.5. The molecule has 1 aromatic heterocycles. The van der Waals surface area contributed by atoms with Crippen LogP contribution in [0.25, 0.3) is 0 Å². The number of rotatable bonds is 4. The zero-order valence-electron chi connectivity index (χ0n) is 12.2. The van der Waals surface area contributed by atoms with E-state index in [1.165, 1.54) is 12.3 Å². The van der Waals surface area contributed by atoms with E-state index in [-0.39, 0.29) is 16.5 Å². The second kappa shape index (κ2) is 6.26. The Labute approximate surface area is 138 Å². The molecule has 2 heterocycles. The van der Waals surface area contributed by atoms with Crippen LogP contribution in [0.2, 0.25) is 5.02 Å². The summed E-state index contributed by atoms with van der Waals surface area (Å²) in [7, 11) is 0. The van der Waals surface area contributed by atoms with Crippen LogP contribution >= 0.6 is 11.6 Å². The highest BCUT2D eigenvalue weighted by Crippen LogP contribution is 2.26. The molecule has 7 heteroatoms. The molecule has 1 saturated heterocycles. The number of anilines is 2. The number of hydrogen-bond donors (Lipinski definition) is 2. The second-order valence-corrected chi connectivity index (χ2v) is 5.64. The fourth-order valence-electron chi connectivity index (χ4n) is 2.52. The third-order valence-corrected chi connectivity index (χ3v) is 4.00. The van der Waals surface area contributed by atoms with Crippen LogP contribution in [0.3, 0.4) is 0 Å². The summed E-state index contributed by atoms with van der Waals surface area (Å²) in [5.41, 5.74) is 6.27. The Kier molecular flexibility index (Phi) is 4.16. The van der Waals surface area contributed by atoms with Gasteiger partial charge in [-0.15, -0.1) is 0 Å². The fourth-order valence-corrected chi connectivity index (χ4v) is 2.74. The molecule has 1 aliphatic rings. The quantitative estimate of drug-likeness (QED) is 0.898. The third kappa shape index (κ3) is 3.12. The summed E-state index contributed by atoms with van der Waals surface area (Å²) in [6.45, 7) is 0.623. The van der Waals surface area contributed by atoms with Gasteiger partial charge in [0.25, 0.3) is 0 Å². The van der Waals surface area contributed by atoms with Gasteiger partial charge in [-0.1, -0.05) is 29.8 Å². The lowest BCUT2D eigenvalue weighted by Crippen LogP contribution is -2.33. The number of halogens is 1. The van der Waals surface area contributed by atoms with Crippen molar-refractivity contribution in [3.05, 3.63) is 53.2 Å². The van der Waals surface area contributed by atoms with Crippen molar-refractivity contribution in [2.24, 2.45) is 5.73 Å².